The Morgan fingerprint density at radius 1 is 1.67 bits per heavy atom. The topological polar surface area (TPSA) is 89.6 Å². The van der Waals surface area contributed by atoms with Crippen molar-refractivity contribution in [3.8, 4) is 0 Å². The average Bonchev–Trinajstić information content (AvgIpc) is 2.80. The van der Waals surface area contributed by atoms with E-state index in [1.807, 2.05) is 0 Å². The van der Waals surface area contributed by atoms with Gasteiger partial charge >= 0.3 is 11.9 Å². The Hall–Kier alpha value is -1.10. The van der Waals surface area contributed by atoms with Crippen LogP contribution in [0.2, 0.25) is 0 Å². The Balaban J connectivity index is 2.43. The summed E-state index contributed by atoms with van der Waals surface area (Å²) in [4.78, 5) is 21.2. The van der Waals surface area contributed by atoms with Gasteiger partial charge in [0.25, 0.3) is 0 Å². The number of ether oxygens (including phenoxy) is 1. The number of nitrogens with two attached hydrogens (primary N) is 1. The summed E-state index contributed by atoms with van der Waals surface area (Å²) in [5.41, 5.74) is 5.42. The molecule has 1 aliphatic carbocycles. The zero-order valence-corrected chi connectivity index (χ0v) is 6.69. The number of methoxy groups -OCH3 is 1. The first-order valence-electron chi connectivity index (χ1n) is 3.64. The summed E-state index contributed by atoms with van der Waals surface area (Å²) in [5.74, 6) is -2.13. The van der Waals surface area contributed by atoms with Crippen molar-refractivity contribution in [2.45, 2.75) is 12.5 Å². The Morgan fingerprint density at radius 3 is 2.58 bits per heavy atom. The lowest BCUT2D eigenvalue weighted by molar-refractivity contribution is -0.143. The van der Waals surface area contributed by atoms with E-state index in [0.717, 1.165) is 0 Å². The highest BCUT2D eigenvalue weighted by Gasteiger charge is 2.49. The molecular formula is C7H11NO4. The maximum atomic E-state index is 10.8. The maximum absolute atomic E-state index is 10.8. The second-order valence-corrected chi connectivity index (χ2v) is 2.89. The SMILES string of the molecule is COC(=O)C(N)C1CC1C(=O)O. The minimum absolute atomic E-state index is 0.241. The minimum Gasteiger partial charge on any atom is -0.481 e. The number of carboxylic acid groups (broad SMARTS) is 1. The molecule has 0 aromatic carbocycles. The molecule has 1 fully saturated rings. The van der Waals surface area contributed by atoms with Gasteiger partial charge in [0.2, 0.25) is 0 Å². The molecule has 5 nitrogen and oxygen atoms in total. The van der Waals surface area contributed by atoms with Crippen LogP contribution in [0.4, 0.5) is 0 Å². The Labute approximate surface area is 69.5 Å². The predicted octanol–water partition coefficient (Wildman–Crippen LogP) is -0.793. The molecule has 0 amide bonds. The first-order chi connectivity index (χ1) is 5.57. The normalized spacial score (nSPS) is 29.2. The molecule has 0 heterocycles. The number of aliphatic carboxylic acids is 1. The highest BCUT2D eigenvalue weighted by molar-refractivity contribution is 5.80. The monoisotopic (exact) mass is 173 g/mol. The van der Waals surface area contributed by atoms with Crippen molar-refractivity contribution < 1.29 is 19.4 Å². The third-order valence-corrected chi connectivity index (χ3v) is 2.09. The van der Waals surface area contributed by atoms with E-state index >= 15 is 0 Å². The molecule has 68 valence electrons. The van der Waals surface area contributed by atoms with Crippen molar-refractivity contribution in [3.63, 3.8) is 0 Å². The molecule has 0 aliphatic heterocycles. The van der Waals surface area contributed by atoms with Crippen LogP contribution in [0.25, 0.3) is 0 Å². The summed E-state index contributed by atoms with van der Waals surface area (Å²) in [6, 6.07) is -0.781. The molecule has 0 bridgehead atoms. The number of hydrogen-bond donors (Lipinski definition) is 2. The van der Waals surface area contributed by atoms with Crippen LogP contribution in [0.1, 0.15) is 6.42 Å². The van der Waals surface area contributed by atoms with Gasteiger partial charge in [-0.15, -0.1) is 0 Å². The van der Waals surface area contributed by atoms with E-state index in [-0.39, 0.29) is 5.92 Å². The molecule has 3 atom stereocenters. The number of carbonyl (C=O) groups is 2. The molecule has 3 unspecified atom stereocenters. The van der Waals surface area contributed by atoms with E-state index in [1.165, 1.54) is 7.11 Å². The zero-order valence-electron chi connectivity index (χ0n) is 6.69. The van der Waals surface area contributed by atoms with E-state index in [1.54, 1.807) is 0 Å². The van der Waals surface area contributed by atoms with Crippen LogP contribution in [0.5, 0.6) is 0 Å². The molecule has 0 saturated heterocycles. The van der Waals surface area contributed by atoms with Gasteiger partial charge in [-0.1, -0.05) is 0 Å². The Kier molecular flexibility index (Phi) is 2.32. The van der Waals surface area contributed by atoms with Crippen molar-refractivity contribution in [3.05, 3.63) is 0 Å². The predicted molar refractivity (Wildman–Crippen MR) is 39.2 cm³/mol. The average molecular weight is 173 g/mol. The molecule has 3 N–H and O–H groups in total. The first kappa shape index (κ1) is 8.99. The number of carbonyl (C=O) groups excluding carboxylic acids is 1. The first-order valence-corrected chi connectivity index (χ1v) is 3.64. The van der Waals surface area contributed by atoms with Crippen LogP contribution in [-0.2, 0) is 14.3 Å². The molecule has 1 saturated carbocycles. The lowest BCUT2D eigenvalue weighted by Crippen LogP contribution is -2.34. The molecule has 1 rings (SSSR count). The van der Waals surface area contributed by atoms with Crippen molar-refractivity contribution >= 4 is 11.9 Å². The summed E-state index contributed by atoms with van der Waals surface area (Å²) >= 11 is 0. The van der Waals surface area contributed by atoms with Gasteiger partial charge in [-0.05, 0) is 12.3 Å². The molecule has 0 spiro atoms. The molecule has 0 radical (unpaired) electrons. The lowest BCUT2D eigenvalue weighted by atomic mass is 10.1. The van der Waals surface area contributed by atoms with Crippen LogP contribution < -0.4 is 5.73 Å². The van der Waals surface area contributed by atoms with Crippen LogP contribution in [-0.4, -0.2) is 30.2 Å². The van der Waals surface area contributed by atoms with Gasteiger partial charge in [-0.25, -0.2) is 0 Å². The van der Waals surface area contributed by atoms with Gasteiger partial charge in [0.15, 0.2) is 0 Å². The van der Waals surface area contributed by atoms with Gasteiger partial charge in [0.05, 0.1) is 13.0 Å². The quantitative estimate of drug-likeness (QED) is 0.546. The molecule has 5 heteroatoms. The molecule has 1 aliphatic rings. The summed E-state index contributed by atoms with van der Waals surface area (Å²) in [6.45, 7) is 0. The van der Waals surface area contributed by atoms with Gasteiger partial charge in [0.1, 0.15) is 6.04 Å². The summed E-state index contributed by atoms with van der Waals surface area (Å²) in [7, 11) is 1.24. The largest absolute Gasteiger partial charge is 0.481 e. The van der Waals surface area contributed by atoms with Gasteiger partial charge in [-0.2, -0.15) is 0 Å². The number of rotatable bonds is 3. The summed E-state index contributed by atoms with van der Waals surface area (Å²) in [6.07, 6.45) is 0.478. The summed E-state index contributed by atoms with van der Waals surface area (Å²) < 4.78 is 4.38. The van der Waals surface area contributed by atoms with E-state index in [9.17, 15) is 9.59 Å². The van der Waals surface area contributed by atoms with Gasteiger partial charge in [-0.3, -0.25) is 9.59 Å². The van der Waals surface area contributed by atoms with E-state index in [2.05, 4.69) is 4.74 Å². The Morgan fingerprint density at radius 2 is 2.25 bits per heavy atom. The van der Waals surface area contributed by atoms with E-state index in [0.29, 0.717) is 6.42 Å². The highest BCUT2D eigenvalue weighted by Crippen LogP contribution is 2.40. The summed E-state index contributed by atoms with van der Waals surface area (Å²) in [5, 5.41) is 8.52. The van der Waals surface area contributed by atoms with Crippen LogP contribution >= 0.6 is 0 Å². The third kappa shape index (κ3) is 1.55. The van der Waals surface area contributed by atoms with Crippen molar-refractivity contribution in [2.24, 2.45) is 17.6 Å². The van der Waals surface area contributed by atoms with Crippen molar-refractivity contribution in [1.29, 1.82) is 0 Å². The fourth-order valence-electron chi connectivity index (χ4n) is 1.21. The van der Waals surface area contributed by atoms with E-state index < -0.39 is 23.9 Å². The van der Waals surface area contributed by atoms with Gasteiger partial charge in [0, 0.05) is 0 Å². The zero-order chi connectivity index (χ0) is 9.30. The third-order valence-electron chi connectivity index (χ3n) is 2.09. The maximum Gasteiger partial charge on any atom is 0.322 e. The second kappa shape index (κ2) is 3.10. The minimum atomic E-state index is -0.889. The van der Waals surface area contributed by atoms with Crippen molar-refractivity contribution in [2.75, 3.05) is 7.11 Å². The Bertz CT molecular complexity index is 215. The van der Waals surface area contributed by atoms with Crippen LogP contribution in [0, 0.1) is 11.8 Å². The number of hydrogen-bond acceptors (Lipinski definition) is 4. The van der Waals surface area contributed by atoms with Gasteiger partial charge < -0.3 is 15.6 Å². The molecule has 0 aromatic rings. The highest BCUT2D eigenvalue weighted by atomic mass is 16.5. The smallest absolute Gasteiger partial charge is 0.322 e. The molecule has 12 heavy (non-hydrogen) atoms. The number of carboxylic acids is 1. The number of esters is 1. The van der Waals surface area contributed by atoms with Crippen molar-refractivity contribution in [1.82, 2.24) is 0 Å². The standard InChI is InChI=1S/C7H11NO4/c1-12-7(11)5(8)3-2-4(3)6(9)10/h3-5H,2,8H2,1H3,(H,9,10). The molecular weight excluding hydrogens is 162 g/mol. The van der Waals surface area contributed by atoms with Crippen LogP contribution in [0.3, 0.4) is 0 Å². The molecule has 0 aromatic heterocycles. The fourth-order valence-corrected chi connectivity index (χ4v) is 1.21. The van der Waals surface area contributed by atoms with Crippen LogP contribution in [0.15, 0.2) is 0 Å². The second-order valence-electron chi connectivity index (χ2n) is 2.89. The van der Waals surface area contributed by atoms with E-state index in [4.69, 9.17) is 10.8 Å². The lowest BCUT2D eigenvalue weighted by Gasteiger charge is -2.06. The fraction of sp³-hybridized carbons (Fsp3) is 0.714.